The van der Waals surface area contributed by atoms with Crippen molar-refractivity contribution in [2.45, 2.75) is 156 Å². The highest BCUT2D eigenvalue weighted by Gasteiger charge is 2.15. The van der Waals surface area contributed by atoms with Gasteiger partial charge in [-0.1, -0.05) is 117 Å². The molecule has 0 fully saturated rings. The molecule has 0 saturated carbocycles. The van der Waals surface area contributed by atoms with Crippen LogP contribution in [-0.4, -0.2) is 98.5 Å². The highest BCUT2D eigenvalue weighted by atomic mass is 16.5. The molecular weight excluding hydrogens is 584 g/mol. The molecule has 0 unspecified atom stereocenters. The van der Waals surface area contributed by atoms with Crippen molar-refractivity contribution in [2.24, 2.45) is 0 Å². The summed E-state index contributed by atoms with van der Waals surface area (Å²) in [6, 6.07) is 0. The molecule has 0 aliphatic heterocycles. The Morgan fingerprint density at radius 2 is 0.696 bits per heavy atom. The van der Waals surface area contributed by atoms with Crippen LogP contribution >= 0.6 is 0 Å². The standard InChI is InChI=1S/C37H72N2O7/c1-4-7-10-13-16-19-32-44-35(41)22-25-38(26-23-36(42)45-33-20-17-14-11-8-5-2)28-29-39(30-31-40)27-24-37(43)46-34-21-18-15-12-9-6-3/h40H,4-34H2,1-3H3. The Bertz CT molecular complexity index is 673. The molecule has 0 amide bonds. The van der Waals surface area contributed by atoms with E-state index in [1.807, 2.05) is 4.90 Å². The van der Waals surface area contributed by atoms with E-state index in [4.69, 9.17) is 14.2 Å². The maximum Gasteiger partial charge on any atom is 0.307 e. The second-order valence-electron chi connectivity index (χ2n) is 12.6. The second kappa shape index (κ2) is 34.6. The number of nitrogens with zero attached hydrogens (tertiary/aromatic N) is 2. The number of hydrogen-bond donors (Lipinski definition) is 1. The number of aliphatic hydroxyl groups excluding tert-OH is 1. The van der Waals surface area contributed by atoms with Crippen molar-refractivity contribution in [3.63, 3.8) is 0 Å². The number of ether oxygens (including phenoxy) is 3. The summed E-state index contributed by atoms with van der Waals surface area (Å²) in [7, 11) is 0. The molecule has 0 aromatic rings. The Labute approximate surface area is 282 Å². The van der Waals surface area contributed by atoms with E-state index in [-0.39, 0.29) is 43.8 Å². The van der Waals surface area contributed by atoms with Crippen LogP contribution in [0.1, 0.15) is 156 Å². The van der Waals surface area contributed by atoms with Crippen LogP contribution in [0, 0.1) is 0 Å². The predicted octanol–water partition coefficient (Wildman–Crippen LogP) is 7.46. The lowest BCUT2D eigenvalue weighted by atomic mass is 10.1. The fourth-order valence-electron chi connectivity index (χ4n) is 5.26. The topological polar surface area (TPSA) is 106 Å². The average Bonchev–Trinajstić information content (AvgIpc) is 3.05. The lowest BCUT2D eigenvalue weighted by molar-refractivity contribution is -0.145. The molecule has 9 nitrogen and oxygen atoms in total. The smallest absolute Gasteiger partial charge is 0.307 e. The first-order valence-electron chi connectivity index (χ1n) is 19.0. The Kier molecular flexibility index (Phi) is 33.3. The zero-order valence-electron chi connectivity index (χ0n) is 30.2. The summed E-state index contributed by atoms with van der Waals surface area (Å²) in [4.78, 5) is 41.3. The number of carbonyl (C=O) groups is 3. The minimum absolute atomic E-state index is 0.0116. The molecule has 0 aromatic heterocycles. The summed E-state index contributed by atoms with van der Waals surface area (Å²) >= 11 is 0. The fourth-order valence-corrected chi connectivity index (χ4v) is 5.26. The molecule has 0 heterocycles. The van der Waals surface area contributed by atoms with E-state index >= 15 is 0 Å². The van der Waals surface area contributed by atoms with Crippen LogP contribution < -0.4 is 0 Å². The molecule has 0 radical (unpaired) electrons. The number of esters is 3. The quantitative estimate of drug-likeness (QED) is 0.0423. The predicted molar refractivity (Wildman–Crippen MR) is 187 cm³/mol. The average molecular weight is 657 g/mol. The third-order valence-corrected chi connectivity index (χ3v) is 8.33. The van der Waals surface area contributed by atoms with Crippen molar-refractivity contribution < 1.29 is 33.7 Å². The lowest BCUT2D eigenvalue weighted by Crippen LogP contribution is -2.39. The van der Waals surface area contributed by atoms with E-state index in [9.17, 15) is 19.5 Å². The zero-order chi connectivity index (χ0) is 33.9. The van der Waals surface area contributed by atoms with Gasteiger partial charge in [-0.15, -0.1) is 0 Å². The maximum atomic E-state index is 12.4. The maximum absolute atomic E-state index is 12.4. The van der Waals surface area contributed by atoms with Crippen molar-refractivity contribution >= 4 is 17.9 Å². The van der Waals surface area contributed by atoms with Crippen molar-refractivity contribution in [1.29, 1.82) is 0 Å². The highest BCUT2D eigenvalue weighted by molar-refractivity contribution is 5.70. The monoisotopic (exact) mass is 657 g/mol. The zero-order valence-corrected chi connectivity index (χ0v) is 30.2. The summed E-state index contributed by atoms with van der Waals surface area (Å²) < 4.78 is 16.4. The molecule has 0 saturated heterocycles. The third-order valence-electron chi connectivity index (χ3n) is 8.33. The van der Waals surface area contributed by atoms with Crippen LogP contribution in [0.4, 0.5) is 0 Å². The Balaban J connectivity index is 4.66. The van der Waals surface area contributed by atoms with Crippen molar-refractivity contribution in [1.82, 2.24) is 9.80 Å². The van der Waals surface area contributed by atoms with Crippen molar-refractivity contribution in [3.05, 3.63) is 0 Å². The molecular formula is C37H72N2O7. The molecule has 0 aromatic carbocycles. The van der Waals surface area contributed by atoms with Gasteiger partial charge >= 0.3 is 17.9 Å². The van der Waals surface area contributed by atoms with Crippen LogP contribution in [0.5, 0.6) is 0 Å². The summed E-state index contributed by atoms with van der Waals surface area (Å²) in [5, 5.41) is 9.61. The summed E-state index contributed by atoms with van der Waals surface area (Å²) in [5.41, 5.74) is 0. The number of carbonyl (C=O) groups excluding carboxylic acids is 3. The van der Waals surface area contributed by atoms with Gasteiger partial charge in [-0.2, -0.15) is 0 Å². The molecule has 9 heteroatoms. The molecule has 0 atom stereocenters. The first kappa shape index (κ1) is 44.3. The molecule has 0 rings (SSSR count). The molecule has 272 valence electrons. The van der Waals surface area contributed by atoms with Gasteiger partial charge in [-0.05, 0) is 19.3 Å². The minimum Gasteiger partial charge on any atom is -0.466 e. The largest absolute Gasteiger partial charge is 0.466 e. The van der Waals surface area contributed by atoms with Gasteiger partial charge in [0.2, 0.25) is 0 Å². The number of aliphatic hydroxyl groups is 1. The van der Waals surface area contributed by atoms with Gasteiger partial charge in [0.05, 0.1) is 45.7 Å². The van der Waals surface area contributed by atoms with E-state index in [0.717, 1.165) is 38.5 Å². The van der Waals surface area contributed by atoms with Gasteiger partial charge in [0, 0.05) is 39.3 Å². The molecule has 1 N–H and O–H groups in total. The summed E-state index contributed by atoms with van der Waals surface area (Å²) in [6.07, 6.45) is 21.3. The van der Waals surface area contributed by atoms with Gasteiger partial charge in [-0.3, -0.25) is 19.3 Å². The van der Waals surface area contributed by atoms with Gasteiger partial charge in [0.1, 0.15) is 0 Å². The second-order valence-corrected chi connectivity index (χ2v) is 12.6. The van der Waals surface area contributed by atoms with E-state index in [1.54, 1.807) is 0 Å². The molecule has 0 spiro atoms. The van der Waals surface area contributed by atoms with E-state index < -0.39 is 0 Å². The third kappa shape index (κ3) is 30.9. The Morgan fingerprint density at radius 1 is 0.413 bits per heavy atom. The van der Waals surface area contributed by atoms with Gasteiger partial charge < -0.3 is 24.2 Å². The Hall–Kier alpha value is -1.71. The highest BCUT2D eigenvalue weighted by Crippen LogP contribution is 2.08. The first-order valence-corrected chi connectivity index (χ1v) is 19.0. The number of unbranched alkanes of at least 4 members (excludes halogenated alkanes) is 15. The molecule has 46 heavy (non-hydrogen) atoms. The number of hydrogen-bond acceptors (Lipinski definition) is 9. The summed E-state index contributed by atoms with van der Waals surface area (Å²) in [5.74, 6) is -0.649. The van der Waals surface area contributed by atoms with Crippen molar-refractivity contribution in [3.8, 4) is 0 Å². The minimum atomic E-state index is -0.218. The SMILES string of the molecule is CCCCCCCCOC(=O)CCN(CCO)CCN(CCC(=O)OCCCCCCCC)CCC(=O)OCCCCCCCC. The van der Waals surface area contributed by atoms with E-state index in [1.165, 1.54) is 77.0 Å². The Morgan fingerprint density at radius 3 is 1.00 bits per heavy atom. The van der Waals surface area contributed by atoms with E-state index in [0.29, 0.717) is 59.1 Å². The molecule has 0 bridgehead atoms. The van der Waals surface area contributed by atoms with Gasteiger partial charge in [-0.25, -0.2) is 0 Å². The van der Waals surface area contributed by atoms with Crippen LogP contribution in [0.15, 0.2) is 0 Å². The molecule has 0 aliphatic carbocycles. The first-order chi connectivity index (χ1) is 22.5. The number of rotatable bonds is 35. The van der Waals surface area contributed by atoms with Gasteiger partial charge in [0.15, 0.2) is 0 Å². The van der Waals surface area contributed by atoms with Crippen molar-refractivity contribution in [2.75, 3.05) is 65.7 Å². The molecule has 0 aliphatic rings. The van der Waals surface area contributed by atoms with Crippen LogP contribution in [0.3, 0.4) is 0 Å². The van der Waals surface area contributed by atoms with Crippen LogP contribution in [0.2, 0.25) is 0 Å². The lowest BCUT2D eigenvalue weighted by Gasteiger charge is -2.27. The van der Waals surface area contributed by atoms with Gasteiger partial charge in [0.25, 0.3) is 0 Å². The van der Waals surface area contributed by atoms with Crippen LogP contribution in [0.25, 0.3) is 0 Å². The van der Waals surface area contributed by atoms with Crippen LogP contribution in [-0.2, 0) is 28.6 Å². The summed E-state index contributed by atoms with van der Waals surface area (Å²) in [6.45, 7) is 11.0. The fraction of sp³-hybridized carbons (Fsp3) is 0.919. The van der Waals surface area contributed by atoms with E-state index in [2.05, 4.69) is 25.7 Å². The normalized spacial score (nSPS) is 11.3.